The van der Waals surface area contributed by atoms with E-state index in [2.05, 4.69) is 23.5 Å². The van der Waals surface area contributed by atoms with Crippen LogP contribution in [-0.4, -0.2) is 36.4 Å². The Morgan fingerprint density at radius 3 is 2.55 bits per heavy atom. The Bertz CT molecular complexity index is 890. The number of hydrazone groups is 1. The highest BCUT2D eigenvalue weighted by molar-refractivity contribution is 7.89. The third kappa shape index (κ3) is 5.63. The topological polar surface area (TPSA) is 105 Å². The molecule has 9 heteroatoms. The Hall–Kier alpha value is -2.26. The number of nitrogens with zero attached hydrogens (tertiary/aromatic N) is 3. The van der Waals surface area contributed by atoms with Gasteiger partial charge in [0.25, 0.3) is 5.69 Å². The van der Waals surface area contributed by atoms with Crippen molar-refractivity contribution >= 4 is 27.1 Å². The lowest BCUT2D eigenvalue weighted by atomic mass is 10.1. The number of allylic oxidation sites excluding steroid dienone is 2. The minimum absolute atomic E-state index is 0.0906. The van der Waals surface area contributed by atoms with Crippen molar-refractivity contribution in [2.45, 2.75) is 64.2 Å². The van der Waals surface area contributed by atoms with Crippen molar-refractivity contribution < 1.29 is 13.3 Å². The van der Waals surface area contributed by atoms with Crippen LogP contribution >= 0.6 is 0 Å². The van der Waals surface area contributed by atoms with Crippen LogP contribution in [-0.2, 0) is 10.0 Å². The highest BCUT2D eigenvalue weighted by Gasteiger charge is 2.26. The van der Waals surface area contributed by atoms with E-state index in [4.69, 9.17) is 0 Å². The molecule has 0 aliphatic heterocycles. The third-order valence-corrected chi connectivity index (χ3v) is 7.06. The molecule has 1 aromatic rings. The van der Waals surface area contributed by atoms with Gasteiger partial charge in [0.1, 0.15) is 5.69 Å². The summed E-state index contributed by atoms with van der Waals surface area (Å²) >= 11 is 0. The molecule has 8 nitrogen and oxygen atoms in total. The summed E-state index contributed by atoms with van der Waals surface area (Å²) in [6.07, 6.45) is 8.25. The lowest BCUT2D eigenvalue weighted by Gasteiger charge is -2.18. The van der Waals surface area contributed by atoms with Crippen LogP contribution in [0.15, 0.2) is 39.8 Å². The quantitative estimate of drug-likeness (QED) is 0.316. The molecule has 1 N–H and O–H groups in total. The fraction of sp³-hybridized carbons (Fsp3) is 0.550. The lowest BCUT2D eigenvalue weighted by molar-refractivity contribution is -0.384. The van der Waals surface area contributed by atoms with E-state index in [1.807, 2.05) is 0 Å². The first-order chi connectivity index (χ1) is 13.8. The molecule has 0 heterocycles. The minimum atomic E-state index is -3.77. The lowest BCUT2D eigenvalue weighted by Crippen LogP contribution is -2.30. The molecule has 0 aromatic heterocycles. The molecule has 0 atom stereocenters. The molecule has 0 spiro atoms. The van der Waals surface area contributed by atoms with Crippen LogP contribution < -0.4 is 5.43 Å². The van der Waals surface area contributed by atoms with Gasteiger partial charge in [-0.05, 0) is 43.4 Å². The van der Waals surface area contributed by atoms with E-state index in [0.717, 1.165) is 50.3 Å². The molecule has 1 aliphatic rings. The smallest absolute Gasteiger partial charge is 0.271 e. The molecule has 2 rings (SSSR count). The largest absolute Gasteiger partial charge is 0.295 e. The first kappa shape index (κ1) is 23.0. The summed E-state index contributed by atoms with van der Waals surface area (Å²) in [7, 11) is -3.77. The summed E-state index contributed by atoms with van der Waals surface area (Å²) in [6.45, 7) is 6.22. The van der Waals surface area contributed by atoms with Crippen LogP contribution in [0.3, 0.4) is 0 Å². The highest BCUT2D eigenvalue weighted by Crippen LogP contribution is 2.30. The van der Waals surface area contributed by atoms with Crippen molar-refractivity contribution in [3.8, 4) is 0 Å². The van der Waals surface area contributed by atoms with E-state index < -0.39 is 14.9 Å². The second-order valence-corrected chi connectivity index (χ2v) is 8.86. The molecule has 160 valence electrons. The van der Waals surface area contributed by atoms with Gasteiger partial charge in [-0.25, -0.2) is 8.42 Å². The van der Waals surface area contributed by atoms with Gasteiger partial charge in [-0.15, -0.1) is 0 Å². The third-order valence-electron chi connectivity index (χ3n) is 5.01. The predicted molar refractivity (Wildman–Crippen MR) is 116 cm³/mol. The Balaban J connectivity index is 2.26. The fourth-order valence-electron chi connectivity index (χ4n) is 3.36. The average molecular weight is 423 g/mol. The Labute approximate surface area is 172 Å². The maximum absolute atomic E-state index is 12.7. The molecule has 0 saturated heterocycles. The molecule has 0 amide bonds. The highest BCUT2D eigenvalue weighted by atomic mass is 32.2. The molecule has 29 heavy (non-hydrogen) atoms. The second kappa shape index (κ2) is 10.5. The summed E-state index contributed by atoms with van der Waals surface area (Å²) in [5.41, 5.74) is 4.76. The van der Waals surface area contributed by atoms with Gasteiger partial charge < -0.3 is 0 Å². The van der Waals surface area contributed by atoms with Crippen molar-refractivity contribution in [2.75, 3.05) is 18.5 Å². The zero-order chi connectivity index (χ0) is 21.4. The van der Waals surface area contributed by atoms with Crippen LogP contribution in [0, 0.1) is 10.1 Å². The number of rotatable bonds is 11. The van der Waals surface area contributed by atoms with E-state index in [0.29, 0.717) is 13.1 Å². The molecular weight excluding hydrogens is 392 g/mol. The van der Waals surface area contributed by atoms with Gasteiger partial charge in [0.05, 0.1) is 15.5 Å². The molecule has 1 aliphatic carbocycles. The first-order valence-electron chi connectivity index (χ1n) is 10.2. The van der Waals surface area contributed by atoms with Gasteiger partial charge in [-0.3, -0.25) is 15.5 Å². The van der Waals surface area contributed by atoms with Crippen LogP contribution in [0.25, 0.3) is 0 Å². The maximum Gasteiger partial charge on any atom is 0.295 e. The Morgan fingerprint density at radius 2 is 1.93 bits per heavy atom. The number of nitrogens with one attached hydrogen (secondary N) is 1. The number of nitro benzene ring substituents is 1. The number of hydrogen-bond donors (Lipinski definition) is 1. The first-order valence-corrected chi connectivity index (χ1v) is 11.6. The van der Waals surface area contributed by atoms with Gasteiger partial charge in [0.2, 0.25) is 10.0 Å². The number of hydrogen-bond acceptors (Lipinski definition) is 6. The standard InChI is InChI=1S/C20H30N4O4S/c1-4-7-8-10-16-11-9-12-18(16)21-22-19-14-13-17(15-20(19)24(25)26)29(27,28)23(5-2)6-3/h11,13-15,22H,4-10,12H2,1-3H3/b21-18+. The number of anilines is 1. The molecular formula is C20H30N4O4S. The van der Waals surface area contributed by atoms with Gasteiger partial charge in [0.15, 0.2) is 0 Å². The van der Waals surface area contributed by atoms with Crippen LogP contribution in [0.5, 0.6) is 0 Å². The van der Waals surface area contributed by atoms with Crippen molar-refractivity contribution in [1.29, 1.82) is 0 Å². The van der Waals surface area contributed by atoms with Gasteiger partial charge in [-0.2, -0.15) is 9.41 Å². The molecule has 0 saturated carbocycles. The molecule has 1 aromatic carbocycles. The van der Waals surface area contributed by atoms with Crippen molar-refractivity contribution in [3.63, 3.8) is 0 Å². The SMILES string of the molecule is CCCCCC1=CCC/C1=N\Nc1ccc(S(=O)(=O)N(CC)CC)cc1[N+](=O)[O-]. The number of unbranched alkanes of at least 4 members (excludes halogenated alkanes) is 2. The second-order valence-electron chi connectivity index (χ2n) is 6.92. The number of nitro groups is 1. The van der Waals surface area contributed by atoms with Crippen molar-refractivity contribution in [2.24, 2.45) is 5.10 Å². The number of sulfonamides is 1. The van der Waals surface area contributed by atoms with Crippen LogP contribution in [0.2, 0.25) is 0 Å². The monoisotopic (exact) mass is 422 g/mol. The van der Waals surface area contributed by atoms with Gasteiger partial charge >= 0.3 is 0 Å². The average Bonchev–Trinajstić information content (AvgIpc) is 3.14. The van der Waals surface area contributed by atoms with Crippen molar-refractivity contribution in [3.05, 3.63) is 40.0 Å². The molecule has 0 bridgehead atoms. The fourth-order valence-corrected chi connectivity index (χ4v) is 4.84. The van der Waals surface area contributed by atoms with Gasteiger partial charge in [-0.1, -0.05) is 39.7 Å². The zero-order valence-corrected chi connectivity index (χ0v) is 18.2. The summed E-state index contributed by atoms with van der Waals surface area (Å²) < 4.78 is 26.6. The maximum atomic E-state index is 12.7. The van der Waals surface area contributed by atoms with Crippen LogP contribution in [0.4, 0.5) is 11.4 Å². The van der Waals surface area contributed by atoms with Crippen molar-refractivity contribution in [1.82, 2.24) is 4.31 Å². The van der Waals surface area contributed by atoms with Crippen LogP contribution in [0.1, 0.15) is 59.3 Å². The Kier molecular flexibility index (Phi) is 8.33. The van der Waals surface area contributed by atoms with E-state index in [1.54, 1.807) is 13.8 Å². The van der Waals surface area contributed by atoms with E-state index in [-0.39, 0.29) is 16.3 Å². The summed E-state index contributed by atoms with van der Waals surface area (Å²) in [5.74, 6) is 0. The van der Waals surface area contributed by atoms with E-state index in [1.165, 1.54) is 22.0 Å². The summed E-state index contributed by atoms with van der Waals surface area (Å²) in [6, 6.07) is 3.90. The Morgan fingerprint density at radius 1 is 1.21 bits per heavy atom. The summed E-state index contributed by atoms with van der Waals surface area (Å²) in [4.78, 5) is 10.9. The molecule has 0 radical (unpaired) electrons. The molecule has 0 unspecified atom stereocenters. The summed E-state index contributed by atoms with van der Waals surface area (Å²) in [5, 5.41) is 15.9. The minimum Gasteiger partial charge on any atom is -0.271 e. The molecule has 0 fully saturated rings. The zero-order valence-electron chi connectivity index (χ0n) is 17.3. The number of benzene rings is 1. The van der Waals surface area contributed by atoms with Gasteiger partial charge in [0, 0.05) is 19.2 Å². The predicted octanol–water partition coefficient (Wildman–Crippen LogP) is 4.69. The van der Waals surface area contributed by atoms with E-state index in [9.17, 15) is 18.5 Å². The normalized spacial score (nSPS) is 15.7. The van der Waals surface area contributed by atoms with E-state index >= 15 is 0 Å².